The number of benzene rings is 1. The van der Waals surface area contributed by atoms with Gasteiger partial charge in [0, 0.05) is 29.9 Å². The number of nitrogen functional groups attached to an aromatic ring is 1. The maximum Gasteiger partial charge on any atom is 0.251 e. The van der Waals surface area contributed by atoms with Gasteiger partial charge in [0.2, 0.25) is 0 Å². The predicted octanol–water partition coefficient (Wildman–Crippen LogP) is 2.62. The van der Waals surface area contributed by atoms with Crippen LogP contribution in [0.1, 0.15) is 30.1 Å². The van der Waals surface area contributed by atoms with Gasteiger partial charge in [-0.15, -0.1) is 0 Å². The zero-order valence-corrected chi connectivity index (χ0v) is 13.5. The Morgan fingerprint density at radius 3 is 2.96 bits per heavy atom. The van der Waals surface area contributed by atoms with Crippen molar-refractivity contribution in [2.24, 2.45) is 5.16 Å². The topological polar surface area (TPSA) is 89.6 Å². The lowest BCUT2D eigenvalue weighted by Gasteiger charge is -2.11. The molecule has 1 amide bonds. The lowest BCUT2D eigenvalue weighted by Crippen LogP contribution is -2.32. The molecule has 0 aliphatic carbocycles. The molecular formula is C18H20N4O2. The number of hydrogen-bond acceptors (Lipinski definition) is 5. The lowest BCUT2D eigenvalue weighted by atomic mass is 10.0. The van der Waals surface area contributed by atoms with E-state index in [2.05, 4.69) is 15.5 Å². The maximum atomic E-state index is 12.4. The third-order valence-corrected chi connectivity index (χ3v) is 3.91. The predicted molar refractivity (Wildman–Crippen MR) is 93.6 cm³/mol. The van der Waals surface area contributed by atoms with Crippen molar-refractivity contribution in [3.05, 3.63) is 48.3 Å². The molecule has 6 nitrogen and oxygen atoms in total. The van der Waals surface area contributed by atoms with Gasteiger partial charge < -0.3 is 15.9 Å². The molecule has 2 aromatic rings. The summed E-state index contributed by atoms with van der Waals surface area (Å²) in [6, 6.07) is 9.21. The average molecular weight is 324 g/mol. The van der Waals surface area contributed by atoms with E-state index in [1.807, 2.05) is 31.2 Å². The number of anilines is 1. The molecule has 3 rings (SSSR count). The number of rotatable bonds is 5. The van der Waals surface area contributed by atoms with E-state index in [0.29, 0.717) is 17.8 Å². The summed E-state index contributed by atoms with van der Waals surface area (Å²) in [6.07, 6.45) is 4.88. The Balaban J connectivity index is 1.64. The number of nitrogens with zero attached hydrogens (tertiary/aromatic N) is 2. The number of hydrogen-bond donors (Lipinski definition) is 2. The molecule has 0 unspecified atom stereocenters. The Labute approximate surface area is 140 Å². The standard InChI is InChI=1S/C18H20N4O2/c1-2-16-8-17(24-22-16)11-21-18(23)13-5-3-4-12(6-13)14-7-15(19)10-20-9-14/h3-7,9-10,17H,2,8,11,19H2,1H3,(H,21,23)/t17-/m0/s1. The first-order chi connectivity index (χ1) is 11.7. The van der Waals surface area contributed by atoms with Crippen LogP contribution in [0.15, 0.2) is 47.9 Å². The molecule has 1 aromatic carbocycles. The number of nitrogens with one attached hydrogen (secondary N) is 1. The number of amides is 1. The molecule has 0 saturated heterocycles. The van der Waals surface area contributed by atoms with Crippen LogP contribution in [0.2, 0.25) is 0 Å². The Morgan fingerprint density at radius 1 is 1.33 bits per heavy atom. The fourth-order valence-corrected chi connectivity index (χ4v) is 2.57. The average Bonchev–Trinajstić information content (AvgIpc) is 3.08. The maximum absolute atomic E-state index is 12.4. The van der Waals surface area contributed by atoms with Crippen LogP contribution >= 0.6 is 0 Å². The normalized spacial score (nSPS) is 16.4. The highest BCUT2D eigenvalue weighted by Gasteiger charge is 2.20. The minimum absolute atomic E-state index is 0.0785. The van der Waals surface area contributed by atoms with E-state index in [9.17, 15) is 4.79 Å². The third kappa shape index (κ3) is 3.71. The van der Waals surface area contributed by atoms with Gasteiger partial charge in [-0.3, -0.25) is 9.78 Å². The molecule has 0 bridgehead atoms. The van der Waals surface area contributed by atoms with Crippen molar-refractivity contribution in [2.45, 2.75) is 25.9 Å². The van der Waals surface area contributed by atoms with Gasteiger partial charge in [0.15, 0.2) is 0 Å². The molecule has 2 heterocycles. The SMILES string of the molecule is CCC1=NO[C@H](CNC(=O)c2cccc(-c3cncc(N)c3)c2)C1. The summed E-state index contributed by atoms with van der Waals surface area (Å²) in [6.45, 7) is 2.48. The van der Waals surface area contributed by atoms with Gasteiger partial charge in [-0.05, 0) is 30.2 Å². The van der Waals surface area contributed by atoms with Crippen molar-refractivity contribution >= 4 is 17.3 Å². The summed E-state index contributed by atoms with van der Waals surface area (Å²) in [4.78, 5) is 21.7. The second-order valence-corrected chi connectivity index (χ2v) is 5.74. The molecule has 0 spiro atoms. The number of nitrogens with two attached hydrogens (primary N) is 1. The summed E-state index contributed by atoms with van der Waals surface area (Å²) < 4.78 is 0. The second kappa shape index (κ2) is 7.12. The molecule has 6 heteroatoms. The fourth-order valence-electron chi connectivity index (χ4n) is 2.57. The van der Waals surface area contributed by atoms with E-state index in [-0.39, 0.29) is 12.0 Å². The highest BCUT2D eigenvalue weighted by atomic mass is 16.6. The van der Waals surface area contributed by atoms with Crippen LogP contribution in [0.3, 0.4) is 0 Å². The van der Waals surface area contributed by atoms with E-state index >= 15 is 0 Å². The molecule has 3 N–H and O–H groups in total. The zero-order chi connectivity index (χ0) is 16.9. The van der Waals surface area contributed by atoms with Gasteiger partial charge >= 0.3 is 0 Å². The molecule has 1 aliphatic heterocycles. The van der Waals surface area contributed by atoms with Crippen LogP contribution in [0.5, 0.6) is 0 Å². The van der Waals surface area contributed by atoms with Gasteiger partial charge in [0.1, 0.15) is 6.10 Å². The van der Waals surface area contributed by atoms with Crippen molar-refractivity contribution in [1.82, 2.24) is 10.3 Å². The molecule has 1 atom stereocenters. The third-order valence-electron chi connectivity index (χ3n) is 3.91. The first-order valence-corrected chi connectivity index (χ1v) is 7.96. The van der Waals surface area contributed by atoms with E-state index in [1.54, 1.807) is 18.5 Å². The van der Waals surface area contributed by atoms with Crippen molar-refractivity contribution in [3.63, 3.8) is 0 Å². The second-order valence-electron chi connectivity index (χ2n) is 5.74. The number of carbonyl (C=O) groups is 1. The molecule has 1 aliphatic rings. The van der Waals surface area contributed by atoms with Gasteiger partial charge in [-0.1, -0.05) is 24.2 Å². The quantitative estimate of drug-likeness (QED) is 0.884. The van der Waals surface area contributed by atoms with Crippen molar-refractivity contribution in [3.8, 4) is 11.1 Å². The van der Waals surface area contributed by atoms with E-state index in [4.69, 9.17) is 10.6 Å². The Morgan fingerprint density at radius 2 is 2.21 bits per heavy atom. The zero-order valence-electron chi connectivity index (χ0n) is 13.5. The molecule has 0 radical (unpaired) electrons. The summed E-state index contributed by atoms with van der Waals surface area (Å²) in [5, 5.41) is 6.89. The molecule has 124 valence electrons. The summed E-state index contributed by atoms with van der Waals surface area (Å²) >= 11 is 0. The van der Waals surface area contributed by atoms with E-state index < -0.39 is 0 Å². The minimum atomic E-state index is -0.137. The van der Waals surface area contributed by atoms with Crippen LogP contribution in [-0.2, 0) is 4.84 Å². The molecule has 24 heavy (non-hydrogen) atoms. The first-order valence-electron chi connectivity index (χ1n) is 7.96. The molecular weight excluding hydrogens is 304 g/mol. The van der Waals surface area contributed by atoms with Crippen LogP contribution in [-0.4, -0.2) is 29.3 Å². The van der Waals surface area contributed by atoms with Crippen LogP contribution in [0, 0.1) is 0 Å². The van der Waals surface area contributed by atoms with Gasteiger partial charge in [0.05, 0.1) is 17.9 Å². The first kappa shape index (κ1) is 16.0. The molecule has 1 aromatic heterocycles. The van der Waals surface area contributed by atoms with Gasteiger partial charge in [-0.25, -0.2) is 0 Å². The largest absolute Gasteiger partial charge is 0.397 e. The fraction of sp³-hybridized carbons (Fsp3) is 0.278. The Bertz CT molecular complexity index is 773. The van der Waals surface area contributed by atoms with Gasteiger partial charge in [-0.2, -0.15) is 0 Å². The van der Waals surface area contributed by atoms with E-state index in [0.717, 1.165) is 29.7 Å². The Kier molecular flexibility index (Phi) is 4.74. The number of carbonyl (C=O) groups excluding carboxylic acids is 1. The van der Waals surface area contributed by atoms with Crippen molar-refractivity contribution in [1.29, 1.82) is 0 Å². The molecule has 0 fully saturated rings. The molecule has 0 saturated carbocycles. The summed E-state index contributed by atoms with van der Waals surface area (Å²) in [5.74, 6) is -0.137. The van der Waals surface area contributed by atoms with Crippen molar-refractivity contribution in [2.75, 3.05) is 12.3 Å². The summed E-state index contributed by atoms with van der Waals surface area (Å²) in [7, 11) is 0. The van der Waals surface area contributed by atoms with Crippen molar-refractivity contribution < 1.29 is 9.63 Å². The minimum Gasteiger partial charge on any atom is -0.397 e. The van der Waals surface area contributed by atoms with Gasteiger partial charge in [0.25, 0.3) is 5.91 Å². The monoisotopic (exact) mass is 324 g/mol. The van der Waals surface area contributed by atoms with Crippen LogP contribution < -0.4 is 11.1 Å². The number of pyridine rings is 1. The number of oxime groups is 1. The number of aromatic nitrogens is 1. The van der Waals surface area contributed by atoms with E-state index in [1.165, 1.54) is 0 Å². The highest BCUT2D eigenvalue weighted by Crippen LogP contribution is 2.21. The highest BCUT2D eigenvalue weighted by molar-refractivity contribution is 5.95. The van der Waals surface area contributed by atoms with Crippen LogP contribution in [0.25, 0.3) is 11.1 Å². The Hall–Kier alpha value is -2.89. The summed E-state index contributed by atoms with van der Waals surface area (Å²) in [5.41, 5.74) is 9.76. The smallest absolute Gasteiger partial charge is 0.251 e. The van der Waals surface area contributed by atoms with Crippen LogP contribution in [0.4, 0.5) is 5.69 Å². The lowest BCUT2D eigenvalue weighted by molar-refractivity contribution is 0.0753.